The smallest absolute Gasteiger partial charge is 0.194 e. The van der Waals surface area contributed by atoms with Crippen LogP contribution in [0.1, 0.15) is 41.7 Å². The molecule has 0 unspecified atom stereocenters. The summed E-state index contributed by atoms with van der Waals surface area (Å²) >= 11 is 0. The Labute approximate surface area is 152 Å². The van der Waals surface area contributed by atoms with Gasteiger partial charge in [-0.15, -0.1) is 0 Å². The van der Waals surface area contributed by atoms with Gasteiger partial charge in [-0.2, -0.15) is 0 Å². The first-order chi connectivity index (χ1) is 12.5. The highest BCUT2D eigenvalue weighted by atomic mass is 16.3. The Hall–Kier alpha value is -3.14. The number of hydrogen-bond donors (Lipinski definition) is 0. The van der Waals surface area contributed by atoms with Gasteiger partial charge in [0.1, 0.15) is 0 Å². The lowest BCUT2D eigenvalue weighted by atomic mass is 10.1. The number of Topliss-reactive ketones (excluding diaryl/α,β-unsaturated/α-hetero) is 2. The molecule has 0 saturated carbocycles. The summed E-state index contributed by atoms with van der Waals surface area (Å²) in [7, 11) is 0. The quantitative estimate of drug-likeness (QED) is 0.460. The molecular formula is C22H21NO3. The van der Waals surface area contributed by atoms with Crippen LogP contribution >= 0.6 is 0 Å². The predicted molar refractivity (Wildman–Crippen MR) is 104 cm³/mol. The molecule has 0 saturated heterocycles. The minimum absolute atomic E-state index is 0.0324. The van der Waals surface area contributed by atoms with Crippen molar-refractivity contribution in [3.8, 4) is 0 Å². The number of fused-ring (bicyclic) bond motifs is 3. The Morgan fingerprint density at radius 2 is 1.62 bits per heavy atom. The molecular weight excluding hydrogens is 326 g/mol. The molecule has 2 aromatic carbocycles. The topological polar surface area (TPSA) is 52.2 Å². The Bertz CT molecular complexity index is 1070. The van der Waals surface area contributed by atoms with Crippen molar-refractivity contribution in [2.45, 2.75) is 27.3 Å². The summed E-state index contributed by atoms with van der Waals surface area (Å²) in [6.45, 7) is 6.16. The molecule has 0 radical (unpaired) electrons. The first kappa shape index (κ1) is 17.7. The minimum Gasteiger partial charge on any atom is -0.461 e. The van der Waals surface area contributed by atoms with E-state index in [1.807, 2.05) is 18.2 Å². The second-order valence-corrected chi connectivity index (χ2v) is 6.08. The average molecular weight is 347 g/mol. The van der Waals surface area contributed by atoms with Gasteiger partial charge in [0.2, 0.25) is 0 Å². The maximum Gasteiger partial charge on any atom is 0.194 e. The summed E-state index contributed by atoms with van der Waals surface area (Å²) < 4.78 is 7.03. The van der Waals surface area contributed by atoms with Crippen LogP contribution in [0.3, 0.4) is 0 Å². The highest BCUT2D eigenvalue weighted by Gasteiger charge is 2.10. The monoisotopic (exact) mass is 347 g/mol. The van der Waals surface area contributed by atoms with Crippen LogP contribution < -0.4 is 0 Å². The second-order valence-electron chi connectivity index (χ2n) is 6.08. The standard InChI is InChI=1S/C16H15NO.C6H6O2/c1-3-17-15-7-5-4-6-13(15)14-10-12(11(2)18)8-9-16(14)17;1-5(7)6-3-2-4-8-6/h4-10H,3H2,1-2H3;2-4H,1H3. The van der Waals surface area contributed by atoms with Crippen LogP contribution in [0.2, 0.25) is 0 Å². The van der Waals surface area contributed by atoms with Gasteiger partial charge in [0.05, 0.1) is 6.26 Å². The highest BCUT2D eigenvalue weighted by Crippen LogP contribution is 2.29. The molecule has 4 aromatic rings. The summed E-state index contributed by atoms with van der Waals surface area (Å²) in [4.78, 5) is 21.9. The summed E-state index contributed by atoms with van der Waals surface area (Å²) in [6.07, 6.45) is 1.48. The van der Waals surface area contributed by atoms with Crippen LogP contribution in [0.25, 0.3) is 21.8 Å². The van der Waals surface area contributed by atoms with Crippen molar-refractivity contribution in [2.75, 3.05) is 0 Å². The number of furan rings is 1. The third-order valence-corrected chi connectivity index (χ3v) is 4.36. The summed E-state index contributed by atoms with van der Waals surface area (Å²) in [5.74, 6) is 0.505. The normalized spacial score (nSPS) is 10.6. The molecule has 0 spiro atoms. The molecule has 0 bridgehead atoms. The molecule has 4 nitrogen and oxygen atoms in total. The zero-order valence-electron chi connectivity index (χ0n) is 15.2. The van der Waals surface area contributed by atoms with Crippen LogP contribution in [-0.2, 0) is 6.54 Å². The molecule has 0 atom stereocenters. The van der Waals surface area contributed by atoms with Gasteiger partial charge in [-0.1, -0.05) is 18.2 Å². The number of carbonyl (C=O) groups is 2. The van der Waals surface area contributed by atoms with Gasteiger partial charge in [-0.05, 0) is 50.2 Å². The fourth-order valence-electron chi connectivity index (χ4n) is 3.09. The number of aryl methyl sites for hydroxylation is 1. The zero-order valence-corrected chi connectivity index (χ0v) is 15.2. The average Bonchev–Trinajstić information content (AvgIpc) is 3.28. The lowest BCUT2D eigenvalue weighted by Crippen LogP contribution is -1.94. The molecule has 2 aromatic heterocycles. The number of aromatic nitrogens is 1. The van der Waals surface area contributed by atoms with Gasteiger partial charge in [0, 0.05) is 40.8 Å². The fraction of sp³-hybridized carbons (Fsp3) is 0.182. The van der Waals surface area contributed by atoms with E-state index in [4.69, 9.17) is 4.42 Å². The van der Waals surface area contributed by atoms with Crippen molar-refractivity contribution in [3.63, 3.8) is 0 Å². The second kappa shape index (κ2) is 7.40. The predicted octanol–water partition coefficient (Wildman–Crippen LogP) is 5.50. The largest absolute Gasteiger partial charge is 0.461 e. The lowest BCUT2D eigenvalue weighted by Gasteiger charge is -2.02. The minimum atomic E-state index is -0.0324. The molecule has 0 aliphatic heterocycles. The number of nitrogens with zero attached hydrogens (tertiary/aromatic N) is 1. The third kappa shape index (κ3) is 3.31. The Morgan fingerprint density at radius 1 is 0.885 bits per heavy atom. The van der Waals surface area contributed by atoms with Crippen molar-refractivity contribution in [3.05, 3.63) is 72.2 Å². The van der Waals surface area contributed by atoms with Crippen molar-refractivity contribution in [1.82, 2.24) is 4.57 Å². The van der Waals surface area contributed by atoms with Crippen LogP contribution in [-0.4, -0.2) is 16.1 Å². The van der Waals surface area contributed by atoms with Gasteiger partial charge in [-0.3, -0.25) is 9.59 Å². The molecule has 26 heavy (non-hydrogen) atoms. The first-order valence-electron chi connectivity index (χ1n) is 8.59. The molecule has 0 fully saturated rings. The van der Waals surface area contributed by atoms with Crippen molar-refractivity contribution < 1.29 is 14.0 Å². The van der Waals surface area contributed by atoms with Gasteiger partial charge in [0.25, 0.3) is 0 Å². The number of hydrogen-bond acceptors (Lipinski definition) is 3. The van der Waals surface area contributed by atoms with E-state index in [0.717, 1.165) is 12.1 Å². The van der Waals surface area contributed by atoms with Crippen LogP contribution in [0.4, 0.5) is 0 Å². The van der Waals surface area contributed by atoms with E-state index >= 15 is 0 Å². The Morgan fingerprint density at radius 3 is 2.19 bits per heavy atom. The van der Waals surface area contributed by atoms with E-state index in [2.05, 4.69) is 35.8 Å². The molecule has 2 heterocycles. The van der Waals surface area contributed by atoms with E-state index in [1.54, 1.807) is 19.1 Å². The number of carbonyl (C=O) groups excluding carboxylic acids is 2. The fourth-order valence-corrected chi connectivity index (χ4v) is 3.09. The van der Waals surface area contributed by atoms with E-state index < -0.39 is 0 Å². The number of para-hydroxylation sites is 1. The van der Waals surface area contributed by atoms with E-state index in [0.29, 0.717) is 5.76 Å². The van der Waals surface area contributed by atoms with Gasteiger partial charge < -0.3 is 8.98 Å². The molecule has 0 aliphatic carbocycles. The molecule has 0 aliphatic rings. The highest BCUT2D eigenvalue weighted by molar-refractivity contribution is 6.10. The van der Waals surface area contributed by atoms with Gasteiger partial charge in [-0.25, -0.2) is 0 Å². The van der Waals surface area contributed by atoms with Crippen molar-refractivity contribution >= 4 is 33.4 Å². The Kier molecular flexibility index (Phi) is 5.03. The summed E-state index contributed by atoms with van der Waals surface area (Å²) in [5.41, 5.74) is 3.21. The molecule has 0 N–H and O–H groups in total. The van der Waals surface area contributed by atoms with E-state index in [9.17, 15) is 9.59 Å². The molecule has 0 amide bonds. The van der Waals surface area contributed by atoms with Gasteiger partial charge in [0.15, 0.2) is 17.3 Å². The van der Waals surface area contributed by atoms with Crippen molar-refractivity contribution in [1.29, 1.82) is 0 Å². The SMILES string of the molecule is CC(=O)c1ccco1.CCn1c2ccccc2c2cc(C(C)=O)ccc21. The van der Waals surface area contributed by atoms with Crippen LogP contribution in [0.15, 0.2) is 65.3 Å². The summed E-state index contributed by atoms with van der Waals surface area (Å²) in [5, 5.41) is 2.39. The maximum atomic E-state index is 11.5. The maximum absolute atomic E-state index is 11.5. The van der Waals surface area contributed by atoms with Gasteiger partial charge >= 0.3 is 0 Å². The van der Waals surface area contributed by atoms with Crippen LogP contribution in [0.5, 0.6) is 0 Å². The van der Waals surface area contributed by atoms with E-state index in [1.165, 1.54) is 35.0 Å². The Balaban J connectivity index is 0.000000206. The number of rotatable bonds is 3. The number of ketones is 2. The number of benzene rings is 2. The molecule has 4 rings (SSSR count). The third-order valence-electron chi connectivity index (χ3n) is 4.36. The first-order valence-corrected chi connectivity index (χ1v) is 8.59. The lowest BCUT2D eigenvalue weighted by molar-refractivity contribution is 0.0985. The molecule has 132 valence electrons. The van der Waals surface area contributed by atoms with Crippen molar-refractivity contribution in [2.24, 2.45) is 0 Å². The van der Waals surface area contributed by atoms with Crippen LogP contribution in [0, 0.1) is 0 Å². The molecule has 4 heteroatoms. The zero-order chi connectivity index (χ0) is 18.7. The van der Waals surface area contributed by atoms with E-state index in [-0.39, 0.29) is 11.6 Å². The summed E-state index contributed by atoms with van der Waals surface area (Å²) in [6, 6.07) is 17.7.